The third kappa shape index (κ3) is 3.28. The van der Waals surface area contributed by atoms with Crippen LogP contribution in [0.2, 0.25) is 0 Å². The summed E-state index contributed by atoms with van der Waals surface area (Å²) in [4.78, 5) is 4.54. The van der Waals surface area contributed by atoms with Crippen LogP contribution in [0.1, 0.15) is 5.56 Å². The van der Waals surface area contributed by atoms with Crippen LogP contribution < -0.4 is 5.73 Å². The Hall–Kier alpha value is -3.41. The lowest BCUT2D eigenvalue weighted by atomic mass is 10.1. The van der Waals surface area contributed by atoms with E-state index in [1.165, 1.54) is 5.56 Å². The van der Waals surface area contributed by atoms with Crippen molar-refractivity contribution < 1.29 is 0 Å². The zero-order valence-electron chi connectivity index (χ0n) is 13.6. The van der Waals surface area contributed by atoms with E-state index in [1.807, 2.05) is 59.4 Å². The van der Waals surface area contributed by atoms with Crippen LogP contribution in [-0.4, -0.2) is 25.0 Å². The minimum Gasteiger partial charge on any atom is -0.382 e. The lowest BCUT2D eigenvalue weighted by Crippen LogP contribution is -2.02. The predicted octanol–water partition coefficient (Wildman–Crippen LogP) is 3.16. The van der Waals surface area contributed by atoms with Gasteiger partial charge in [0.25, 0.3) is 0 Å². The molecule has 124 valence electrons. The fraction of sp³-hybridized carbons (Fsp3) is 0.105. The molecule has 6 nitrogen and oxygen atoms in total. The Balaban J connectivity index is 1.53. The number of nitrogen functional groups attached to an aromatic ring is 1. The number of hydrogen-bond donors (Lipinski definition) is 2. The van der Waals surface area contributed by atoms with E-state index in [2.05, 4.69) is 32.4 Å². The van der Waals surface area contributed by atoms with Crippen molar-refractivity contribution in [3.8, 4) is 22.8 Å². The van der Waals surface area contributed by atoms with Gasteiger partial charge in [0, 0.05) is 18.3 Å². The SMILES string of the molecule is Nc1nn(CCc2ccccc2)cc1-c1nc(-c2ccccc2)n[nH]1. The van der Waals surface area contributed by atoms with Crippen molar-refractivity contribution in [3.63, 3.8) is 0 Å². The second-order valence-corrected chi connectivity index (χ2v) is 5.80. The van der Waals surface area contributed by atoms with Crippen molar-refractivity contribution in [2.75, 3.05) is 5.73 Å². The number of hydrogen-bond acceptors (Lipinski definition) is 4. The van der Waals surface area contributed by atoms with E-state index in [-0.39, 0.29) is 0 Å². The summed E-state index contributed by atoms with van der Waals surface area (Å²) in [5.41, 5.74) is 9.06. The normalized spacial score (nSPS) is 10.9. The molecule has 0 atom stereocenters. The lowest BCUT2D eigenvalue weighted by Gasteiger charge is -2.01. The molecule has 0 aliphatic carbocycles. The van der Waals surface area contributed by atoms with Crippen LogP contribution in [0.4, 0.5) is 5.82 Å². The van der Waals surface area contributed by atoms with Gasteiger partial charge in [-0.15, -0.1) is 0 Å². The predicted molar refractivity (Wildman–Crippen MR) is 97.6 cm³/mol. The topological polar surface area (TPSA) is 85.4 Å². The molecular formula is C19H18N6. The maximum atomic E-state index is 6.07. The molecule has 0 unspecified atom stereocenters. The largest absolute Gasteiger partial charge is 0.382 e. The second-order valence-electron chi connectivity index (χ2n) is 5.80. The molecule has 0 bridgehead atoms. The molecule has 0 saturated carbocycles. The molecule has 2 heterocycles. The van der Waals surface area contributed by atoms with Crippen LogP contribution in [0.3, 0.4) is 0 Å². The molecule has 2 aromatic heterocycles. The van der Waals surface area contributed by atoms with Crippen molar-refractivity contribution in [3.05, 3.63) is 72.4 Å². The minimum absolute atomic E-state index is 0.448. The standard InChI is InChI=1S/C19H18N6/c20-17-16(13-25(24-17)12-11-14-7-3-1-4-8-14)19-21-18(22-23-19)15-9-5-2-6-10-15/h1-10,13H,11-12H2,(H2,20,24)(H,21,22,23). The van der Waals surface area contributed by atoms with Crippen molar-refractivity contribution in [2.45, 2.75) is 13.0 Å². The molecule has 25 heavy (non-hydrogen) atoms. The number of aromatic amines is 1. The highest BCUT2D eigenvalue weighted by Gasteiger charge is 2.13. The number of anilines is 1. The van der Waals surface area contributed by atoms with E-state index < -0.39 is 0 Å². The number of rotatable bonds is 5. The lowest BCUT2D eigenvalue weighted by molar-refractivity contribution is 0.617. The Labute approximate surface area is 145 Å². The van der Waals surface area contributed by atoms with Crippen molar-refractivity contribution in [1.82, 2.24) is 25.0 Å². The van der Waals surface area contributed by atoms with Crippen LogP contribution in [0, 0.1) is 0 Å². The molecule has 0 aliphatic heterocycles. The molecule has 0 fully saturated rings. The van der Waals surface area contributed by atoms with E-state index in [1.54, 1.807) is 0 Å². The van der Waals surface area contributed by atoms with Crippen molar-refractivity contribution in [2.24, 2.45) is 0 Å². The summed E-state index contributed by atoms with van der Waals surface area (Å²) in [5.74, 6) is 1.72. The Morgan fingerprint density at radius 1 is 0.960 bits per heavy atom. The summed E-state index contributed by atoms with van der Waals surface area (Å²) in [5, 5.41) is 11.6. The van der Waals surface area contributed by atoms with Gasteiger partial charge in [0.1, 0.15) is 0 Å². The summed E-state index contributed by atoms with van der Waals surface area (Å²) in [6.45, 7) is 0.758. The number of aryl methyl sites for hydroxylation is 2. The first-order valence-corrected chi connectivity index (χ1v) is 8.14. The Morgan fingerprint density at radius 2 is 1.68 bits per heavy atom. The quantitative estimate of drug-likeness (QED) is 0.588. The summed E-state index contributed by atoms with van der Waals surface area (Å²) in [7, 11) is 0. The monoisotopic (exact) mass is 330 g/mol. The first-order chi connectivity index (χ1) is 12.3. The van der Waals surface area contributed by atoms with Gasteiger partial charge in [-0.3, -0.25) is 9.78 Å². The third-order valence-electron chi connectivity index (χ3n) is 4.04. The molecule has 4 aromatic rings. The zero-order valence-corrected chi connectivity index (χ0v) is 13.6. The van der Waals surface area contributed by atoms with E-state index in [4.69, 9.17) is 5.73 Å². The zero-order chi connectivity index (χ0) is 17.1. The second kappa shape index (κ2) is 6.60. The molecule has 2 aromatic carbocycles. The van der Waals surface area contributed by atoms with Crippen molar-refractivity contribution >= 4 is 5.82 Å². The van der Waals surface area contributed by atoms with Gasteiger partial charge >= 0.3 is 0 Å². The van der Waals surface area contributed by atoms with Crippen LogP contribution in [0.5, 0.6) is 0 Å². The molecule has 4 rings (SSSR count). The van der Waals surface area contributed by atoms with Crippen LogP contribution in [0.15, 0.2) is 66.9 Å². The number of aromatic nitrogens is 5. The van der Waals surface area contributed by atoms with Gasteiger partial charge in [0.2, 0.25) is 0 Å². The van der Waals surface area contributed by atoms with Crippen LogP contribution in [-0.2, 0) is 13.0 Å². The molecule has 0 saturated heterocycles. The van der Waals surface area contributed by atoms with E-state index >= 15 is 0 Å². The van der Waals surface area contributed by atoms with Gasteiger partial charge in [-0.2, -0.15) is 10.2 Å². The van der Waals surface area contributed by atoms with Gasteiger partial charge in [-0.25, -0.2) is 4.98 Å². The fourth-order valence-corrected chi connectivity index (χ4v) is 2.72. The first-order valence-electron chi connectivity index (χ1n) is 8.14. The Bertz CT molecular complexity index is 956. The number of nitrogens with zero attached hydrogens (tertiary/aromatic N) is 4. The highest BCUT2D eigenvalue weighted by Crippen LogP contribution is 2.24. The molecule has 0 radical (unpaired) electrons. The molecule has 3 N–H and O–H groups in total. The van der Waals surface area contributed by atoms with E-state index in [0.29, 0.717) is 17.5 Å². The van der Waals surface area contributed by atoms with Gasteiger partial charge in [-0.05, 0) is 12.0 Å². The molecule has 0 spiro atoms. The van der Waals surface area contributed by atoms with Gasteiger partial charge in [0.05, 0.1) is 5.56 Å². The number of benzene rings is 2. The van der Waals surface area contributed by atoms with E-state index in [0.717, 1.165) is 24.1 Å². The average Bonchev–Trinajstić information content (AvgIpc) is 3.28. The minimum atomic E-state index is 0.448. The molecule has 0 aliphatic rings. The Morgan fingerprint density at radius 3 is 2.44 bits per heavy atom. The molecule has 6 heteroatoms. The molecular weight excluding hydrogens is 312 g/mol. The highest BCUT2D eigenvalue weighted by molar-refractivity contribution is 5.69. The van der Waals surface area contributed by atoms with Gasteiger partial charge < -0.3 is 5.73 Å². The number of nitrogens with two attached hydrogens (primary N) is 1. The number of H-pyrrole nitrogens is 1. The van der Waals surface area contributed by atoms with Gasteiger partial charge in [0.15, 0.2) is 17.5 Å². The summed E-state index contributed by atoms with van der Waals surface area (Å²) in [6, 6.07) is 20.1. The fourth-order valence-electron chi connectivity index (χ4n) is 2.72. The van der Waals surface area contributed by atoms with E-state index in [9.17, 15) is 0 Å². The van der Waals surface area contributed by atoms with Gasteiger partial charge in [-0.1, -0.05) is 60.7 Å². The smallest absolute Gasteiger partial charge is 0.181 e. The van der Waals surface area contributed by atoms with Crippen LogP contribution >= 0.6 is 0 Å². The number of nitrogens with one attached hydrogen (secondary N) is 1. The third-order valence-corrected chi connectivity index (χ3v) is 4.04. The maximum absolute atomic E-state index is 6.07. The van der Waals surface area contributed by atoms with Crippen molar-refractivity contribution in [1.29, 1.82) is 0 Å². The highest BCUT2D eigenvalue weighted by atomic mass is 15.3. The Kier molecular flexibility index (Phi) is 4.00. The van der Waals surface area contributed by atoms with Crippen LogP contribution in [0.25, 0.3) is 22.8 Å². The maximum Gasteiger partial charge on any atom is 0.181 e. The first kappa shape index (κ1) is 15.1. The summed E-state index contributed by atoms with van der Waals surface area (Å²) in [6.07, 6.45) is 2.81. The summed E-state index contributed by atoms with van der Waals surface area (Å²) < 4.78 is 1.85. The summed E-state index contributed by atoms with van der Waals surface area (Å²) >= 11 is 0. The molecule has 0 amide bonds. The average molecular weight is 330 g/mol.